The fourth-order valence-electron chi connectivity index (χ4n) is 5.90. The van der Waals surface area contributed by atoms with Gasteiger partial charge in [-0.15, -0.1) is 0 Å². The number of fused-ring (bicyclic) bond motifs is 1. The Kier molecular flexibility index (Phi) is 8.78. The molecule has 0 spiro atoms. The zero-order valence-corrected chi connectivity index (χ0v) is 23.5. The van der Waals surface area contributed by atoms with Gasteiger partial charge in [-0.25, -0.2) is 13.6 Å². The van der Waals surface area contributed by atoms with E-state index in [1.165, 1.54) is 40.3 Å². The van der Waals surface area contributed by atoms with Crippen molar-refractivity contribution >= 4 is 6.09 Å². The normalized spacial score (nSPS) is 18.5. The number of amides is 1. The lowest BCUT2D eigenvalue weighted by atomic mass is 9.90. The molecule has 0 N–H and O–H groups in total. The van der Waals surface area contributed by atoms with Crippen LogP contribution in [0.25, 0.3) is 0 Å². The molecule has 0 bridgehead atoms. The third-order valence-electron chi connectivity index (χ3n) is 8.17. The van der Waals surface area contributed by atoms with Crippen LogP contribution in [-0.2, 0) is 6.42 Å². The number of halogens is 2. The molecule has 1 fully saturated rings. The zero-order chi connectivity index (χ0) is 28.2. The second-order valence-electron chi connectivity index (χ2n) is 11.0. The first-order chi connectivity index (χ1) is 19.3. The minimum absolute atomic E-state index is 0.0458. The van der Waals surface area contributed by atoms with Crippen LogP contribution in [0, 0.1) is 11.6 Å². The van der Waals surface area contributed by atoms with Gasteiger partial charge in [0.05, 0.1) is 6.04 Å². The van der Waals surface area contributed by atoms with E-state index in [0.29, 0.717) is 11.8 Å². The Hall–Kier alpha value is -3.33. The van der Waals surface area contributed by atoms with Gasteiger partial charge in [0, 0.05) is 59.4 Å². The molecular formula is C32H38F2N4O2. The summed E-state index contributed by atoms with van der Waals surface area (Å²) < 4.78 is 32.8. The fourth-order valence-corrected chi connectivity index (χ4v) is 5.90. The second-order valence-corrected chi connectivity index (χ2v) is 11.0. The molecule has 0 aliphatic carbocycles. The molecule has 0 radical (unpaired) electrons. The van der Waals surface area contributed by atoms with Gasteiger partial charge in [-0.1, -0.05) is 30.3 Å². The Morgan fingerprint density at radius 3 is 2.08 bits per heavy atom. The molecule has 6 nitrogen and oxygen atoms in total. The summed E-state index contributed by atoms with van der Waals surface area (Å²) in [6.45, 7) is 5.56. The van der Waals surface area contributed by atoms with Crippen molar-refractivity contribution in [2.75, 3.05) is 60.4 Å². The lowest BCUT2D eigenvalue weighted by Gasteiger charge is -2.41. The van der Waals surface area contributed by atoms with Crippen LogP contribution in [0.5, 0.6) is 5.75 Å². The zero-order valence-electron chi connectivity index (χ0n) is 23.5. The molecule has 1 saturated heterocycles. The number of nitrogens with zero attached hydrogens (tertiary/aromatic N) is 4. The monoisotopic (exact) mass is 548 g/mol. The van der Waals surface area contributed by atoms with Crippen LogP contribution in [-0.4, -0.2) is 86.1 Å². The van der Waals surface area contributed by atoms with E-state index in [2.05, 4.69) is 27.8 Å². The molecule has 0 aromatic heterocycles. The van der Waals surface area contributed by atoms with Gasteiger partial charge in [0.25, 0.3) is 0 Å². The maximum Gasteiger partial charge on any atom is 0.414 e. The molecule has 2 aliphatic heterocycles. The lowest BCUT2D eigenvalue weighted by Crippen LogP contribution is -2.48. The largest absolute Gasteiger partial charge is 0.414 e. The first-order valence-electron chi connectivity index (χ1n) is 14.0. The van der Waals surface area contributed by atoms with Crippen LogP contribution in [0.3, 0.4) is 0 Å². The van der Waals surface area contributed by atoms with Crippen molar-refractivity contribution < 1.29 is 18.3 Å². The van der Waals surface area contributed by atoms with Crippen LogP contribution >= 0.6 is 0 Å². The highest BCUT2D eigenvalue weighted by molar-refractivity contribution is 5.70. The summed E-state index contributed by atoms with van der Waals surface area (Å²) >= 11 is 0. The van der Waals surface area contributed by atoms with E-state index in [1.54, 1.807) is 14.1 Å². The predicted octanol–water partition coefficient (Wildman–Crippen LogP) is 5.35. The molecule has 1 atom stereocenters. The minimum Gasteiger partial charge on any atom is -0.410 e. The number of carbonyl (C=O) groups is 1. The number of rotatable bonds is 7. The standard InChI is InChI=1S/C32H38F2N4O2/c1-35(2)32(39)40-28-12-13-29-25(22-28)14-16-36(3)30(29)15-17-37-18-20-38(21-19-37)31(23-4-8-26(33)9-5-23)24-6-10-27(34)11-7-24/h4-13,22,30-31H,14-21H2,1-3H3. The SMILES string of the molecule is CN(C)C(=O)Oc1ccc2c(c1)CCN(C)C2CCN1CCN(C(c2ccc(F)cc2)c2ccc(F)cc2)CC1. The molecule has 2 aliphatic rings. The van der Waals surface area contributed by atoms with Crippen LogP contribution in [0.2, 0.25) is 0 Å². The van der Waals surface area contributed by atoms with Gasteiger partial charge in [-0.05, 0) is 78.5 Å². The first kappa shape index (κ1) is 28.2. The predicted molar refractivity (Wildman–Crippen MR) is 153 cm³/mol. The summed E-state index contributed by atoms with van der Waals surface area (Å²) in [6, 6.07) is 19.6. The van der Waals surface area contributed by atoms with Gasteiger partial charge in [-0.2, -0.15) is 0 Å². The number of hydrogen-bond acceptors (Lipinski definition) is 5. The highest BCUT2D eigenvalue weighted by Gasteiger charge is 2.29. The Labute approximate surface area is 235 Å². The molecule has 1 amide bonds. The quantitative estimate of drug-likeness (QED) is 0.398. The van der Waals surface area contributed by atoms with Crippen LogP contribution in [0.4, 0.5) is 13.6 Å². The molecular weight excluding hydrogens is 510 g/mol. The third kappa shape index (κ3) is 6.52. The van der Waals surface area contributed by atoms with E-state index in [1.807, 2.05) is 36.4 Å². The van der Waals surface area contributed by atoms with Gasteiger partial charge >= 0.3 is 6.09 Å². The number of benzene rings is 3. The average Bonchev–Trinajstić information content (AvgIpc) is 2.95. The number of piperazine rings is 1. The van der Waals surface area contributed by atoms with E-state index < -0.39 is 0 Å². The Morgan fingerprint density at radius 2 is 1.50 bits per heavy atom. The summed E-state index contributed by atoms with van der Waals surface area (Å²) in [5.74, 6) is 0.0756. The molecule has 8 heteroatoms. The number of carbonyl (C=O) groups excluding carboxylic acids is 1. The van der Waals surface area contributed by atoms with E-state index in [-0.39, 0.29) is 23.8 Å². The van der Waals surface area contributed by atoms with Crippen molar-refractivity contribution in [2.45, 2.75) is 24.9 Å². The van der Waals surface area contributed by atoms with Crippen LogP contribution in [0.15, 0.2) is 66.7 Å². The number of hydrogen-bond donors (Lipinski definition) is 0. The topological polar surface area (TPSA) is 39.3 Å². The van der Waals surface area contributed by atoms with Gasteiger partial charge < -0.3 is 14.5 Å². The van der Waals surface area contributed by atoms with E-state index in [0.717, 1.165) is 63.2 Å². The van der Waals surface area contributed by atoms with Gasteiger partial charge in [0.15, 0.2) is 0 Å². The first-order valence-corrected chi connectivity index (χ1v) is 14.0. The van der Waals surface area contributed by atoms with Crippen molar-refractivity contribution in [1.29, 1.82) is 0 Å². The molecule has 40 heavy (non-hydrogen) atoms. The minimum atomic E-state index is -0.371. The molecule has 3 aromatic carbocycles. The van der Waals surface area contributed by atoms with Crippen LogP contribution in [0.1, 0.15) is 40.8 Å². The molecule has 3 aromatic rings. The summed E-state index contributed by atoms with van der Waals surface area (Å²) in [4.78, 5) is 20.8. The number of ether oxygens (including phenoxy) is 1. The van der Waals surface area contributed by atoms with Gasteiger partial charge in [-0.3, -0.25) is 9.80 Å². The average molecular weight is 549 g/mol. The van der Waals surface area contributed by atoms with Crippen molar-refractivity contribution in [1.82, 2.24) is 19.6 Å². The molecule has 2 heterocycles. The Balaban J connectivity index is 1.22. The van der Waals surface area contributed by atoms with E-state index in [9.17, 15) is 13.6 Å². The smallest absolute Gasteiger partial charge is 0.410 e. The summed E-state index contributed by atoms with van der Waals surface area (Å²) in [5.41, 5.74) is 4.58. The summed E-state index contributed by atoms with van der Waals surface area (Å²) in [7, 11) is 5.54. The maximum atomic E-state index is 13.7. The second kappa shape index (κ2) is 12.5. The highest BCUT2D eigenvalue weighted by atomic mass is 19.1. The summed E-state index contributed by atoms with van der Waals surface area (Å²) in [6.07, 6.45) is 1.58. The van der Waals surface area contributed by atoms with Crippen molar-refractivity contribution in [3.05, 3.63) is 101 Å². The maximum absolute atomic E-state index is 13.7. The lowest BCUT2D eigenvalue weighted by molar-refractivity contribution is 0.0983. The number of likely N-dealkylation sites (N-methyl/N-ethyl adjacent to an activating group) is 1. The molecule has 5 rings (SSSR count). The Morgan fingerprint density at radius 1 is 0.900 bits per heavy atom. The molecule has 212 valence electrons. The van der Waals surface area contributed by atoms with Crippen molar-refractivity contribution in [3.63, 3.8) is 0 Å². The van der Waals surface area contributed by atoms with Gasteiger partial charge in [0.2, 0.25) is 0 Å². The van der Waals surface area contributed by atoms with E-state index >= 15 is 0 Å². The van der Waals surface area contributed by atoms with Gasteiger partial charge in [0.1, 0.15) is 17.4 Å². The Bertz CT molecular complexity index is 1250. The van der Waals surface area contributed by atoms with Crippen molar-refractivity contribution in [2.24, 2.45) is 0 Å². The highest BCUT2D eigenvalue weighted by Crippen LogP contribution is 2.34. The molecule has 0 saturated carbocycles. The fraction of sp³-hybridized carbons (Fsp3) is 0.406. The van der Waals surface area contributed by atoms with Crippen LogP contribution < -0.4 is 4.74 Å². The van der Waals surface area contributed by atoms with Crippen molar-refractivity contribution in [3.8, 4) is 5.75 Å². The third-order valence-corrected chi connectivity index (χ3v) is 8.17. The van der Waals surface area contributed by atoms with E-state index in [4.69, 9.17) is 4.74 Å². The summed E-state index contributed by atoms with van der Waals surface area (Å²) in [5, 5.41) is 0. The molecule has 1 unspecified atom stereocenters.